The molecule has 1 aromatic carbocycles. The Labute approximate surface area is 159 Å². The maximum Gasteiger partial charge on any atom is 0.313 e. The largest absolute Gasteiger partial charge is 0.481 e. The summed E-state index contributed by atoms with van der Waals surface area (Å²) in [6.45, 7) is 7.69. The highest BCUT2D eigenvalue weighted by atomic mass is 32.2. The number of nitrogens with one attached hydrogen (secondary N) is 2. The molecule has 1 aromatic rings. The van der Waals surface area contributed by atoms with E-state index in [-0.39, 0.29) is 29.4 Å². The van der Waals surface area contributed by atoms with Crippen LogP contribution < -0.4 is 10.6 Å². The summed E-state index contributed by atoms with van der Waals surface area (Å²) in [6.07, 6.45) is 0.382. The minimum atomic E-state index is -0.851. The molecular weight excluding hydrogens is 352 g/mol. The van der Waals surface area contributed by atoms with Crippen LogP contribution in [0.25, 0.3) is 0 Å². The highest BCUT2D eigenvalue weighted by Gasteiger charge is 2.24. The van der Waals surface area contributed by atoms with Gasteiger partial charge in [0.2, 0.25) is 11.8 Å². The van der Waals surface area contributed by atoms with Gasteiger partial charge in [0.25, 0.3) is 0 Å². The summed E-state index contributed by atoms with van der Waals surface area (Å²) in [6, 6.07) is 6.69. The molecule has 0 aliphatic rings. The number of thioether (sulfide) groups is 1. The topological polar surface area (TPSA) is 95.5 Å². The van der Waals surface area contributed by atoms with E-state index in [4.69, 9.17) is 5.11 Å². The normalized spacial score (nSPS) is 12.1. The highest BCUT2D eigenvalue weighted by molar-refractivity contribution is 7.99. The number of carbonyl (C=O) groups excluding carboxylic acids is 2. The summed E-state index contributed by atoms with van der Waals surface area (Å²) in [5, 5.41) is 14.3. The fourth-order valence-electron chi connectivity index (χ4n) is 2.35. The number of amides is 2. The van der Waals surface area contributed by atoms with Crippen LogP contribution in [0.2, 0.25) is 0 Å². The van der Waals surface area contributed by atoms with Gasteiger partial charge in [-0.15, -0.1) is 11.8 Å². The number of hydrogen-bond acceptors (Lipinski definition) is 4. The molecule has 6 nitrogen and oxygen atoms in total. The molecule has 0 aliphatic carbocycles. The lowest BCUT2D eigenvalue weighted by atomic mass is 10.0. The van der Waals surface area contributed by atoms with Gasteiger partial charge in [0, 0.05) is 17.9 Å². The van der Waals surface area contributed by atoms with Crippen molar-refractivity contribution in [3.8, 4) is 0 Å². The highest BCUT2D eigenvalue weighted by Crippen LogP contribution is 2.17. The first-order chi connectivity index (χ1) is 12.2. The third-order valence-electron chi connectivity index (χ3n) is 3.55. The second-order valence-corrected chi connectivity index (χ2v) is 7.95. The first-order valence-corrected chi connectivity index (χ1v) is 9.83. The zero-order chi connectivity index (χ0) is 19.7. The van der Waals surface area contributed by atoms with Gasteiger partial charge >= 0.3 is 5.97 Å². The summed E-state index contributed by atoms with van der Waals surface area (Å²) < 4.78 is 0. The molecule has 0 heterocycles. The standard InChI is InChI=1S/C19H28N2O4S/c1-12(2)8-16(22)21-18(13(3)4)19(25)20-15-7-5-6-14(9-15)10-26-11-17(23)24/h5-7,9,12-13,18H,8,10-11H2,1-4H3,(H,20,25)(H,21,22)(H,23,24). The Hall–Kier alpha value is -2.02. The first-order valence-electron chi connectivity index (χ1n) is 8.67. The summed E-state index contributed by atoms with van der Waals surface area (Å²) in [5.74, 6) is -0.467. The quantitative estimate of drug-likeness (QED) is 0.580. The van der Waals surface area contributed by atoms with Crippen LogP contribution in [-0.4, -0.2) is 34.7 Å². The first kappa shape index (κ1) is 22.0. The molecule has 2 amide bonds. The third-order valence-corrected chi connectivity index (χ3v) is 4.54. The van der Waals surface area contributed by atoms with Gasteiger partial charge in [0.1, 0.15) is 6.04 Å². The van der Waals surface area contributed by atoms with Crippen molar-refractivity contribution in [2.24, 2.45) is 11.8 Å². The van der Waals surface area contributed by atoms with Gasteiger partial charge in [-0.2, -0.15) is 0 Å². The van der Waals surface area contributed by atoms with Crippen LogP contribution in [0.15, 0.2) is 24.3 Å². The minimum absolute atomic E-state index is 0.0356. The van der Waals surface area contributed by atoms with E-state index in [1.54, 1.807) is 6.07 Å². The van der Waals surface area contributed by atoms with E-state index in [1.807, 2.05) is 45.9 Å². The van der Waals surface area contributed by atoms with Gasteiger partial charge in [-0.05, 0) is 29.5 Å². The van der Waals surface area contributed by atoms with Crippen molar-refractivity contribution in [1.29, 1.82) is 0 Å². The maximum atomic E-state index is 12.6. The molecule has 0 fully saturated rings. The number of anilines is 1. The minimum Gasteiger partial charge on any atom is -0.481 e. The van der Waals surface area contributed by atoms with Crippen molar-refractivity contribution >= 4 is 35.2 Å². The van der Waals surface area contributed by atoms with E-state index < -0.39 is 12.0 Å². The Balaban J connectivity index is 2.70. The van der Waals surface area contributed by atoms with E-state index in [1.165, 1.54) is 11.8 Å². The van der Waals surface area contributed by atoms with Crippen molar-refractivity contribution in [3.05, 3.63) is 29.8 Å². The predicted octanol–water partition coefficient (Wildman–Crippen LogP) is 3.13. The van der Waals surface area contributed by atoms with Crippen LogP contribution in [-0.2, 0) is 20.1 Å². The molecule has 0 bridgehead atoms. The Morgan fingerprint density at radius 3 is 2.42 bits per heavy atom. The van der Waals surface area contributed by atoms with E-state index in [9.17, 15) is 14.4 Å². The van der Waals surface area contributed by atoms with Gasteiger partial charge in [0.15, 0.2) is 0 Å². The SMILES string of the molecule is CC(C)CC(=O)NC(C(=O)Nc1cccc(CSCC(=O)O)c1)C(C)C. The molecule has 1 rings (SSSR count). The zero-order valence-electron chi connectivity index (χ0n) is 15.7. The molecule has 0 aromatic heterocycles. The second kappa shape index (κ2) is 10.9. The number of benzene rings is 1. The Kier molecular flexibility index (Phi) is 9.19. The van der Waals surface area contributed by atoms with Gasteiger partial charge in [-0.3, -0.25) is 14.4 Å². The molecule has 0 saturated heterocycles. The lowest BCUT2D eigenvalue weighted by Crippen LogP contribution is -2.47. The van der Waals surface area contributed by atoms with E-state index >= 15 is 0 Å². The van der Waals surface area contributed by atoms with Crippen molar-refractivity contribution < 1.29 is 19.5 Å². The summed E-state index contributed by atoms with van der Waals surface area (Å²) in [4.78, 5) is 35.2. The summed E-state index contributed by atoms with van der Waals surface area (Å²) >= 11 is 1.30. The van der Waals surface area contributed by atoms with Crippen molar-refractivity contribution in [2.75, 3.05) is 11.1 Å². The molecule has 1 unspecified atom stereocenters. The fourth-order valence-corrected chi connectivity index (χ4v) is 3.05. The number of carbonyl (C=O) groups is 3. The Morgan fingerprint density at radius 1 is 1.15 bits per heavy atom. The Morgan fingerprint density at radius 2 is 1.85 bits per heavy atom. The molecule has 0 saturated carbocycles. The summed E-state index contributed by atoms with van der Waals surface area (Å²) in [5.41, 5.74) is 1.56. The monoisotopic (exact) mass is 380 g/mol. The lowest BCUT2D eigenvalue weighted by molar-refractivity contribution is -0.134. The predicted molar refractivity (Wildman–Crippen MR) is 105 cm³/mol. The average Bonchev–Trinajstić information content (AvgIpc) is 2.51. The molecular formula is C19H28N2O4S. The summed E-state index contributed by atoms with van der Waals surface area (Å²) in [7, 11) is 0. The average molecular weight is 381 g/mol. The number of carboxylic acids is 1. The van der Waals surface area contributed by atoms with Crippen molar-refractivity contribution in [3.63, 3.8) is 0 Å². The van der Waals surface area contributed by atoms with Crippen LogP contribution in [0.4, 0.5) is 5.69 Å². The van der Waals surface area contributed by atoms with Crippen LogP contribution in [0.5, 0.6) is 0 Å². The van der Waals surface area contributed by atoms with E-state index in [2.05, 4.69) is 10.6 Å². The zero-order valence-corrected chi connectivity index (χ0v) is 16.6. The van der Waals surface area contributed by atoms with E-state index in [0.717, 1.165) is 5.56 Å². The second-order valence-electron chi connectivity index (χ2n) is 6.96. The third kappa shape index (κ3) is 8.38. The molecule has 0 aliphatic heterocycles. The van der Waals surface area contributed by atoms with Crippen LogP contribution >= 0.6 is 11.8 Å². The van der Waals surface area contributed by atoms with Gasteiger partial charge < -0.3 is 15.7 Å². The van der Waals surface area contributed by atoms with Crippen molar-refractivity contribution in [2.45, 2.75) is 45.9 Å². The molecule has 0 radical (unpaired) electrons. The number of aliphatic carboxylic acids is 1. The van der Waals surface area contributed by atoms with Crippen LogP contribution in [0, 0.1) is 11.8 Å². The number of hydrogen-bond donors (Lipinski definition) is 3. The van der Waals surface area contributed by atoms with Gasteiger partial charge in [-0.1, -0.05) is 39.8 Å². The number of rotatable bonds is 10. The maximum absolute atomic E-state index is 12.6. The molecule has 144 valence electrons. The van der Waals surface area contributed by atoms with E-state index in [0.29, 0.717) is 17.9 Å². The van der Waals surface area contributed by atoms with Crippen LogP contribution in [0.1, 0.15) is 39.7 Å². The fraction of sp³-hybridized carbons (Fsp3) is 0.526. The van der Waals surface area contributed by atoms with Gasteiger partial charge in [-0.25, -0.2) is 0 Å². The molecule has 26 heavy (non-hydrogen) atoms. The lowest BCUT2D eigenvalue weighted by Gasteiger charge is -2.22. The molecule has 0 spiro atoms. The smallest absolute Gasteiger partial charge is 0.313 e. The van der Waals surface area contributed by atoms with Crippen LogP contribution in [0.3, 0.4) is 0 Å². The van der Waals surface area contributed by atoms with Crippen molar-refractivity contribution in [1.82, 2.24) is 5.32 Å². The molecule has 7 heteroatoms. The number of carboxylic acid groups (broad SMARTS) is 1. The van der Waals surface area contributed by atoms with Gasteiger partial charge in [0.05, 0.1) is 5.75 Å². The molecule has 3 N–H and O–H groups in total. The molecule has 1 atom stereocenters. The Bertz CT molecular complexity index is 632.